The Bertz CT molecular complexity index is 691. The molecule has 0 unspecified atom stereocenters. The molecular weight excluding hydrogens is 228 g/mol. The number of hydrogen-bond donors (Lipinski definition) is 2. The zero-order valence-corrected chi connectivity index (χ0v) is 9.42. The molecule has 0 saturated carbocycles. The van der Waals surface area contributed by atoms with Crippen molar-refractivity contribution in [2.75, 3.05) is 5.32 Å². The number of nitrogens with zero attached hydrogens (tertiary/aromatic N) is 2. The third kappa shape index (κ3) is 1.93. The number of carbonyl (C=O) groups excluding carboxylic acids is 1. The number of para-hydroxylation sites is 1. The van der Waals surface area contributed by atoms with Crippen molar-refractivity contribution < 1.29 is 4.79 Å². The zero-order valence-electron chi connectivity index (χ0n) is 9.42. The lowest BCUT2D eigenvalue weighted by Gasteiger charge is -2.03. The fraction of sp³-hybridized carbons (Fsp3) is 0. The Balaban J connectivity index is 1.92. The molecule has 2 heterocycles. The van der Waals surface area contributed by atoms with Crippen LogP contribution in [-0.2, 0) is 0 Å². The maximum absolute atomic E-state index is 11.9. The van der Waals surface area contributed by atoms with Gasteiger partial charge in [0, 0.05) is 11.5 Å². The van der Waals surface area contributed by atoms with Crippen molar-refractivity contribution in [2.45, 2.75) is 0 Å². The highest BCUT2D eigenvalue weighted by Gasteiger charge is 2.08. The van der Waals surface area contributed by atoms with Crippen LogP contribution in [0.4, 0.5) is 5.82 Å². The highest BCUT2D eigenvalue weighted by molar-refractivity contribution is 6.03. The first-order valence-electron chi connectivity index (χ1n) is 5.49. The van der Waals surface area contributed by atoms with Crippen LogP contribution in [0.15, 0.2) is 48.7 Å². The fourth-order valence-corrected chi connectivity index (χ4v) is 1.70. The molecule has 2 aromatic heterocycles. The maximum atomic E-state index is 11.9. The van der Waals surface area contributed by atoms with Gasteiger partial charge in [-0.15, -0.1) is 0 Å². The summed E-state index contributed by atoms with van der Waals surface area (Å²) >= 11 is 0. The second kappa shape index (κ2) is 4.29. The Kier molecular flexibility index (Phi) is 2.49. The number of benzene rings is 1. The van der Waals surface area contributed by atoms with E-state index in [1.165, 1.54) is 0 Å². The third-order valence-corrected chi connectivity index (χ3v) is 2.58. The molecule has 0 aliphatic carbocycles. The molecule has 18 heavy (non-hydrogen) atoms. The lowest BCUT2D eigenvalue weighted by atomic mass is 10.2. The SMILES string of the molecule is O=C(Nc1ccn[nH]1)c1ccc2ccccc2n1. The molecule has 2 N–H and O–H groups in total. The third-order valence-electron chi connectivity index (χ3n) is 2.58. The minimum Gasteiger partial charge on any atom is -0.306 e. The molecule has 5 nitrogen and oxygen atoms in total. The number of anilines is 1. The molecule has 0 spiro atoms. The number of amides is 1. The summed E-state index contributed by atoms with van der Waals surface area (Å²) in [4.78, 5) is 16.2. The van der Waals surface area contributed by atoms with Crippen molar-refractivity contribution in [3.05, 3.63) is 54.4 Å². The highest BCUT2D eigenvalue weighted by Crippen LogP contribution is 2.12. The minimum absolute atomic E-state index is 0.259. The van der Waals surface area contributed by atoms with Gasteiger partial charge in [0.05, 0.1) is 11.7 Å². The smallest absolute Gasteiger partial charge is 0.275 e. The first-order valence-corrected chi connectivity index (χ1v) is 5.49. The highest BCUT2D eigenvalue weighted by atomic mass is 16.1. The van der Waals surface area contributed by atoms with Gasteiger partial charge in [-0.05, 0) is 12.1 Å². The van der Waals surface area contributed by atoms with Gasteiger partial charge in [-0.25, -0.2) is 4.98 Å². The van der Waals surface area contributed by atoms with Crippen LogP contribution < -0.4 is 5.32 Å². The molecule has 0 radical (unpaired) electrons. The van der Waals surface area contributed by atoms with Gasteiger partial charge in [-0.3, -0.25) is 9.89 Å². The van der Waals surface area contributed by atoms with Gasteiger partial charge >= 0.3 is 0 Å². The molecule has 0 atom stereocenters. The van der Waals surface area contributed by atoms with E-state index in [-0.39, 0.29) is 5.91 Å². The number of H-pyrrole nitrogens is 1. The molecule has 3 aromatic rings. The van der Waals surface area contributed by atoms with Gasteiger partial charge in [0.25, 0.3) is 5.91 Å². The standard InChI is InChI=1S/C13H10N4O/c18-13(16-12-7-8-14-17-12)11-6-5-9-3-1-2-4-10(9)15-11/h1-8H,(H2,14,16,17,18). The second-order valence-electron chi connectivity index (χ2n) is 3.81. The van der Waals surface area contributed by atoms with E-state index in [2.05, 4.69) is 20.5 Å². The number of fused-ring (bicyclic) bond motifs is 1. The monoisotopic (exact) mass is 238 g/mol. The minimum atomic E-state index is -0.259. The molecule has 0 aliphatic rings. The molecule has 5 heteroatoms. The van der Waals surface area contributed by atoms with Crippen LogP contribution in [0.5, 0.6) is 0 Å². The zero-order chi connectivity index (χ0) is 12.4. The van der Waals surface area contributed by atoms with E-state index in [9.17, 15) is 4.79 Å². The van der Waals surface area contributed by atoms with E-state index in [1.807, 2.05) is 30.3 Å². The number of pyridine rings is 1. The second-order valence-corrected chi connectivity index (χ2v) is 3.81. The summed E-state index contributed by atoms with van der Waals surface area (Å²) in [5, 5.41) is 10.1. The average molecular weight is 238 g/mol. The lowest BCUT2D eigenvalue weighted by Crippen LogP contribution is -2.13. The van der Waals surface area contributed by atoms with Crippen LogP contribution in [0, 0.1) is 0 Å². The molecule has 0 bridgehead atoms. The van der Waals surface area contributed by atoms with Crippen molar-refractivity contribution in [1.82, 2.24) is 15.2 Å². The summed E-state index contributed by atoms with van der Waals surface area (Å²) in [6, 6.07) is 12.9. The average Bonchev–Trinajstić information content (AvgIpc) is 2.91. The number of aromatic nitrogens is 3. The number of carbonyl (C=O) groups is 1. The number of aromatic amines is 1. The van der Waals surface area contributed by atoms with Gasteiger partial charge in [-0.1, -0.05) is 24.3 Å². The Morgan fingerprint density at radius 1 is 1.11 bits per heavy atom. The van der Waals surface area contributed by atoms with Crippen LogP contribution in [-0.4, -0.2) is 21.1 Å². The van der Waals surface area contributed by atoms with Crippen LogP contribution in [0.1, 0.15) is 10.5 Å². The van der Waals surface area contributed by atoms with E-state index < -0.39 is 0 Å². The number of rotatable bonds is 2. The molecule has 0 saturated heterocycles. The fourth-order valence-electron chi connectivity index (χ4n) is 1.70. The van der Waals surface area contributed by atoms with Gasteiger partial charge in [0.1, 0.15) is 11.5 Å². The normalized spacial score (nSPS) is 10.4. The Hall–Kier alpha value is -2.69. The molecule has 0 fully saturated rings. The Labute approximate surface area is 103 Å². The van der Waals surface area contributed by atoms with Crippen molar-refractivity contribution in [3.8, 4) is 0 Å². The largest absolute Gasteiger partial charge is 0.306 e. The van der Waals surface area contributed by atoms with E-state index in [0.717, 1.165) is 10.9 Å². The first-order chi connectivity index (χ1) is 8.83. The lowest BCUT2D eigenvalue weighted by molar-refractivity contribution is 0.102. The molecule has 88 valence electrons. The van der Waals surface area contributed by atoms with E-state index in [1.54, 1.807) is 18.3 Å². The van der Waals surface area contributed by atoms with E-state index in [0.29, 0.717) is 11.5 Å². The molecule has 3 rings (SSSR count). The predicted molar refractivity (Wildman–Crippen MR) is 68.3 cm³/mol. The predicted octanol–water partition coefficient (Wildman–Crippen LogP) is 2.21. The van der Waals surface area contributed by atoms with Gasteiger partial charge in [-0.2, -0.15) is 5.10 Å². The van der Waals surface area contributed by atoms with Crippen molar-refractivity contribution >= 4 is 22.6 Å². The van der Waals surface area contributed by atoms with Crippen molar-refractivity contribution in [1.29, 1.82) is 0 Å². The van der Waals surface area contributed by atoms with E-state index >= 15 is 0 Å². The van der Waals surface area contributed by atoms with Crippen LogP contribution >= 0.6 is 0 Å². The number of nitrogens with one attached hydrogen (secondary N) is 2. The Morgan fingerprint density at radius 3 is 2.83 bits per heavy atom. The van der Waals surface area contributed by atoms with Crippen LogP contribution in [0.3, 0.4) is 0 Å². The Morgan fingerprint density at radius 2 is 2.00 bits per heavy atom. The summed E-state index contributed by atoms with van der Waals surface area (Å²) in [7, 11) is 0. The number of hydrogen-bond acceptors (Lipinski definition) is 3. The van der Waals surface area contributed by atoms with Crippen LogP contribution in [0.25, 0.3) is 10.9 Å². The van der Waals surface area contributed by atoms with Gasteiger partial charge in [0.2, 0.25) is 0 Å². The molecule has 1 amide bonds. The first kappa shape index (κ1) is 10.5. The quantitative estimate of drug-likeness (QED) is 0.719. The van der Waals surface area contributed by atoms with Crippen LogP contribution in [0.2, 0.25) is 0 Å². The summed E-state index contributed by atoms with van der Waals surface area (Å²) in [5.74, 6) is 0.292. The molecular formula is C13H10N4O. The van der Waals surface area contributed by atoms with Gasteiger partial charge < -0.3 is 5.32 Å². The molecule has 0 aliphatic heterocycles. The summed E-state index contributed by atoms with van der Waals surface area (Å²) in [6.07, 6.45) is 1.57. The van der Waals surface area contributed by atoms with Crippen molar-refractivity contribution in [3.63, 3.8) is 0 Å². The summed E-state index contributed by atoms with van der Waals surface area (Å²) in [5.41, 5.74) is 1.18. The van der Waals surface area contributed by atoms with Gasteiger partial charge in [0.15, 0.2) is 0 Å². The molecule has 1 aromatic carbocycles. The van der Waals surface area contributed by atoms with Crippen molar-refractivity contribution in [2.24, 2.45) is 0 Å². The maximum Gasteiger partial charge on any atom is 0.275 e. The summed E-state index contributed by atoms with van der Waals surface area (Å²) in [6.45, 7) is 0. The topological polar surface area (TPSA) is 70.7 Å². The summed E-state index contributed by atoms with van der Waals surface area (Å²) < 4.78 is 0. The van der Waals surface area contributed by atoms with E-state index in [4.69, 9.17) is 0 Å².